The molecule has 2 heteroatoms. The van der Waals surface area contributed by atoms with Gasteiger partial charge in [0.15, 0.2) is 0 Å². The Balaban J connectivity index is 2.71. The normalized spacial score (nSPS) is 20.2. The number of hydrogen-bond donors (Lipinski definition) is 0. The summed E-state index contributed by atoms with van der Waals surface area (Å²) in [4.78, 5) is 12.3. The Morgan fingerprint density at radius 2 is 1.65 bits per heavy atom. The predicted molar refractivity (Wildman–Crippen MR) is 112 cm³/mol. The zero-order chi connectivity index (χ0) is 20.0. The Kier molecular flexibility index (Phi) is 8.17. The maximum Gasteiger partial charge on any atom is 0.310 e. The van der Waals surface area contributed by atoms with E-state index in [1.165, 1.54) is 24.8 Å². The number of carbonyl (C=O) groups excluding carboxylic acids is 1. The second-order valence-electron chi connectivity index (χ2n) is 10.6. The fraction of sp³-hybridized carbons (Fsp3) is 0.792. The van der Waals surface area contributed by atoms with Crippen LogP contribution < -0.4 is 0 Å². The largest absolute Gasteiger partial charge is 0.459 e. The van der Waals surface area contributed by atoms with E-state index < -0.39 is 0 Å². The fourth-order valence-electron chi connectivity index (χ4n) is 3.96. The minimum absolute atomic E-state index is 0.0933. The summed E-state index contributed by atoms with van der Waals surface area (Å²) in [6.07, 6.45) is 13.4. The van der Waals surface area contributed by atoms with Crippen LogP contribution in [0.3, 0.4) is 0 Å². The van der Waals surface area contributed by atoms with Crippen molar-refractivity contribution in [1.82, 2.24) is 0 Å². The standard InChI is InChI=1S/C24H42O2/c1-9-19(20(23(5,6)7)18-22(2,3)4)14-13-15-21(25)26-24(8)16-11-10-12-17-24/h9,13-14,20H,10-12,15-18H2,1-8H3/b14-13-,19-9+. The predicted octanol–water partition coefficient (Wildman–Crippen LogP) is 7.24. The Labute approximate surface area is 162 Å². The van der Waals surface area contributed by atoms with E-state index in [1.807, 2.05) is 6.08 Å². The first-order valence-electron chi connectivity index (χ1n) is 10.4. The highest BCUT2D eigenvalue weighted by atomic mass is 16.6. The summed E-state index contributed by atoms with van der Waals surface area (Å²) in [7, 11) is 0. The molecule has 1 atom stereocenters. The zero-order valence-electron chi connectivity index (χ0n) is 18.6. The second-order valence-corrected chi connectivity index (χ2v) is 10.6. The van der Waals surface area contributed by atoms with E-state index >= 15 is 0 Å². The van der Waals surface area contributed by atoms with Gasteiger partial charge in [0, 0.05) is 0 Å². The van der Waals surface area contributed by atoms with Gasteiger partial charge in [-0.25, -0.2) is 0 Å². The van der Waals surface area contributed by atoms with E-state index in [4.69, 9.17) is 4.74 Å². The molecule has 2 nitrogen and oxygen atoms in total. The highest BCUT2D eigenvalue weighted by molar-refractivity contribution is 5.71. The molecule has 0 saturated heterocycles. The van der Waals surface area contributed by atoms with Gasteiger partial charge in [0.05, 0.1) is 6.42 Å². The van der Waals surface area contributed by atoms with Crippen LogP contribution in [-0.2, 0) is 9.53 Å². The molecule has 1 aliphatic carbocycles. The molecule has 150 valence electrons. The summed E-state index contributed by atoms with van der Waals surface area (Å²) in [5, 5.41) is 0. The number of hydrogen-bond acceptors (Lipinski definition) is 2. The van der Waals surface area contributed by atoms with Gasteiger partial charge >= 0.3 is 5.97 Å². The van der Waals surface area contributed by atoms with Gasteiger partial charge < -0.3 is 4.74 Å². The molecular formula is C24H42O2. The van der Waals surface area contributed by atoms with Gasteiger partial charge in [-0.1, -0.05) is 66.2 Å². The number of esters is 1. The van der Waals surface area contributed by atoms with Crippen molar-refractivity contribution in [3.05, 3.63) is 23.8 Å². The maximum atomic E-state index is 12.3. The minimum atomic E-state index is -0.243. The molecule has 0 bridgehead atoms. The van der Waals surface area contributed by atoms with E-state index in [9.17, 15) is 4.79 Å². The van der Waals surface area contributed by atoms with Crippen LogP contribution in [0.2, 0.25) is 0 Å². The molecule has 0 N–H and O–H groups in total. The van der Waals surface area contributed by atoms with Crippen molar-refractivity contribution in [3.8, 4) is 0 Å². The van der Waals surface area contributed by atoms with Gasteiger partial charge in [-0.3, -0.25) is 4.79 Å². The summed E-state index contributed by atoms with van der Waals surface area (Å²) in [5.41, 5.74) is 1.54. The van der Waals surface area contributed by atoms with Gasteiger partial charge in [-0.2, -0.15) is 0 Å². The van der Waals surface area contributed by atoms with Crippen molar-refractivity contribution >= 4 is 5.97 Å². The van der Waals surface area contributed by atoms with Gasteiger partial charge in [0.1, 0.15) is 5.60 Å². The molecule has 1 aliphatic rings. The first kappa shape index (κ1) is 23.0. The van der Waals surface area contributed by atoms with Gasteiger partial charge in [-0.15, -0.1) is 0 Å². The lowest BCUT2D eigenvalue weighted by Gasteiger charge is -2.36. The van der Waals surface area contributed by atoms with E-state index in [0.717, 1.165) is 19.3 Å². The molecule has 26 heavy (non-hydrogen) atoms. The zero-order valence-corrected chi connectivity index (χ0v) is 18.6. The van der Waals surface area contributed by atoms with Gasteiger partial charge in [0.2, 0.25) is 0 Å². The molecule has 0 heterocycles. The van der Waals surface area contributed by atoms with Crippen LogP contribution in [0.5, 0.6) is 0 Å². The molecule has 0 radical (unpaired) electrons. The molecule has 0 aliphatic heterocycles. The molecule has 1 unspecified atom stereocenters. The third kappa shape index (κ3) is 8.10. The van der Waals surface area contributed by atoms with Crippen LogP contribution in [0.15, 0.2) is 23.8 Å². The van der Waals surface area contributed by atoms with Crippen LogP contribution in [0.25, 0.3) is 0 Å². The molecule has 0 aromatic carbocycles. The molecule has 0 aromatic rings. The topological polar surface area (TPSA) is 26.3 Å². The van der Waals surface area contributed by atoms with Crippen molar-refractivity contribution in [2.45, 2.75) is 106 Å². The summed E-state index contributed by atoms with van der Waals surface area (Å²) in [6.45, 7) is 18.0. The average Bonchev–Trinajstić information content (AvgIpc) is 2.48. The first-order chi connectivity index (χ1) is 11.9. The summed E-state index contributed by atoms with van der Waals surface area (Å²) in [5.74, 6) is 0.375. The van der Waals surface area contributed by atoms with E-state index in [1.54, 1.807) is 0 Å². The van der Waals surface area contributed by atoms with Crippen molar-refractivity contribution in [1.29, 1.82) is 0 Å². The molecule has 1 saturated carbocycles. The highest BCUT2D eigenvalue weighted by Gasteiger charge is 2.31. The van der Waals surface area contributed by atoms with Crippen LogP contribution in [0.1, 0.15) is 100 Å². The second kappa shape index (κ2) is 9.24. The number of rotatable bonds is 6. The molecule has 1 fully saturated rings. The van der Waals surface area contributed by atoms with Crippen molar-refractivity contribution in [3.63, 3.8) is 0 Å². The molecule has 0 spiro atoms. The monoisotopic (exact) mass is 362 g/mol. The lowest BCUT2D eigenvalue weighted by atomic mass is 9.68. The van der Waals surface area contributed by atoms with Gasteiger partial charge in [0.25, 0.3) is 0 Å². The average molecular weight is 363 g/mol. The Bertz CT molecular complexity index is 505. The summed E-state index contributed by atoms with van der Waals surface area (Å²) >= 11 is 0. The fourth-order valence-corrected chi connectivity index (χ4v) is 3.96. The third-order valence-electron chi connectivity index (χ3n) is 5.46. The van der Waals surface area contributed by atoms with E-state index in [2.05, 4.69) is 67.5 Å². The lowest BCUT2D eigenvalue weighted by molar-refractivity contribution is -0.160. The SMILES string of the molecule is C/C=C(\C=C/CC(=O)OC1(C)CCCCC1)C(CC(C)(C)C)C(C)(C)C. The van der Waals surface area contributed by atoms with Crippen molar-refractivity contribution in [2.75, 3.05) is 0 Å². The number of carbonyl (C=O) groups is 1. The minimum Gasteiger partial charge on any atom is -0.459 e. The van der Waals surface area contributed by atoms with E-state index in [-0.39, 0.29) is 22.4 Å². The Morgan fingerprint density at radius 1 is 1.08 bits per heavy atom. The highest BCUT2D eigenvalue weighted by Crippen LogP contribution is 2.41. The van der Waals surface area contributed by atoms with E-state index in [0.29, 0.717) is 12.3 Å². The molecular weight excluding hydrogens is 320 g/mol. The molecule has 0 aromatic heterocycles. The first-order valence-corrected chi connectivity index (χ1v) is 10.4. The van der Waals surface area contributed by atoms with Crippen LogP contribution >= 0.6 is 0 Å². The smallest absolute Gasteiger partial charge is 0.310 e. The lowest BCUT2D eigenvalue weighted by Crippen LogP contribution is -2.33. The van der Waals surface area contributed by atoms with Crippen LogP contribution in [0, 0.1) is 16.7 Å². The number of allylic oxidation sites excluding steroid dienone is 3. The van der Waals surface area contributed by atoms with Crippen molar-refractivity contribution in [2.24, 2.45) is 16.7 Å². The third-order valence-corrected chi connectivity index (χ3v) is 5.46. The summed E-state index contributed by atoms with van der Waals surface area (Å²) < 4.78 is 5.79. The maximum absolute atomic E-state index is 12.3. The Hall–Kier alpha value is -1.05. The quantitative estimate of drug-likeness (QED) is 0.367. The van der Waals surface area contributed by atoms with Crippen LogP contribution in [-0.4, -0.2) is 11.6 Å². The summed E-state index contributed by atoms with van der Waals surface area (Å²) in [6, 6.07) is 0. The molecule has 0 amide bonds. The van der Waals surface area contributed by atoms with Gasteiger partial charge in [-0.05, 0) is 68.3 Å². The molecule has 1 rings (SSSR count). The Morgan fingerprint density at radius 3 is 2.12 bits per heavy atom. The van der Waals surface area contributed by atoms with Crippen molar-refractivity contribution < 1.29 is 9.53 Å². The van der Waals surface area contributed by atoms with Crippen LogP contribution in [0.4, 0.5) is 0 Å². The number of ether oxygens (including phenoxy) is 1.